The quantitative estimate of drug-likeness (QED) is 0.942. The molecule has 0 bridgehead atoms. The summed E-state index contributed by atoms with van der Waals surface area (Å²) in [6.45, 7) is 0.453. The van der Waals surface area contributed by atoms with Gasteiger partial charge in [0.2, 0.25) is 0 Å². The number of methoxy groups -OCH3 is 1. The van der Waals surface area contributed by atoms with Gasteiger partial charge in [-0.2, -0.15) is 0 Å². The van der Waals surface area contributed by atoms with E-state index < -0.39 is 0 Å². The predicted molar refractivity (Wildman–Crippen MR) is 84.0 cm³/mol. The van der Waals surface area contributed by atoms with E-state index >= 15 is 0 Å². The highest BCUT2D eigenvalue weighted by Crippen LogP contribution is 2.21. The fraction of sp³-hybridized carbons (Fsp3) is 0.412. The van der Waals surface area contributed by atoms with Crippen LogP contribution in [0.25, 0.3) is 0 Å². The lowest BCUT2D eigenvalue weighted by atomic mass is 10.0. The lowest BCUT2D eigenvalue weighted by Gasteiger charge is -2.11. The zero-order chi connectivity index (χ0) is 15.5. The second-order valence-corrected chi connectivity index (χ2v) is 5.60. The van der Waals surface area contributed by atoms with Gasteiger partial charge in [-0.3, -0.25) is 4.79 Å². The van der Waals surface area contributed by atoms with Crippen LogP contribution in [0.2, 0.25) is 0 Å². The number of aromatic nitrogens is 2. The molecular formula is C17H21N3O2. The van der Waals surface area contributed by atoms with Crippen molar-refractivity contribution in [1.29, 1.82) is 0 Å². The summed E-state index contributed by atoms with van der Waals surface area (Å²) in [7, 11) is 3.64. The molecule has 0 radical (unpaired) electrons. The van der Waals surface area contributed by atoms with Gasteiger partial charge in [-0.1, -0.05) is 0 Å². The number of ether oxygens (including phenoxy) is 1. The SMILES string of the molecule is COc1ccc(C(=O)NCc2nc3c(n2C)CCCC3)cc1. The van der Waals surface area contributed by atoms with Gasteiger partial charge in [0, 0.05) is 18.3 Å². The first-order chi connectivity index (χ1) is 10.7. The molecule has 1 aliphatic carbocycles. The molecule has 3 rings (SSSR count). The summed E-state index contributed by atoms with van der Waals surface area (Å²) in [5.41, 5.74) is 3.14. The van der Waals surface area contributed by atoms with Crippen molar-refractivity contribution >= 4 is 5.91 Å². The third kappa shape index (κ3) is 2.84. The van der Waals surface area contributed by atoms with Crippen LogP contribution >= 0.6 is 0 Å². The van der Waals surface area contributed by atoms with Crippen LogP contribution in [-0.4, -0.2) is 22.6 Å². The number of hydrogen-bond donors (Lipinski definition) is 1. The maximum Gasteiger partial charge on any atom is 0.251 e. The Bertz CT molecular complexity index is 674. The number of rotatable bonds is 4. The Kier molecular flexibility index (Phi) is 4.13. The van der Waals surface area contributed by atoms with Crippen LogP contribution in [0.3, 0.4) is 0 Å². The summed E-state index contributed by atoms with van der Waals surface area (Å²) in [5.74, 6) is 1.57. The first-order valence-corrected chi connectivity index (χ1v) is 7.64. The molecule has 1 aromatic heterocycles. The number of carbonyl (C=O) groups excluding carboxylic acids is 1. The van der Waals surface area contributed by atoms with Crippen LogP contribution in [0.5, 0.6) is 5.75 Å². The van der Waals surface area contributed by atoms with E-state index in [1.165, 1.54) is 24.2 Å². The Labute approximate surface area is 130 Å². The second-order valence-electron chi connectivity index (χ2n) is 5.60. The van der Waals surface area contributed by atoms with Crippen molar-refractivity contribution in [2.45, 2.75) is 32.2 Å². The number of nitrogens with zero attached hydrogens (tertiary/aromatic N) is 2. The molecule has 116 valence electrons. The molecule has 0 fully saturated rings. The van der Waals surface area contributed by atoms with Crippen LogP contribution < -0.4 is 10.1 Å². The Morgan fingerprint density at radius 2 is 2.00 bits per heavy atom. The maximum absolute atomic E-state index is 12.2. The molecule has 0 aliphatic heterocycles. The first-order valence-electron chi connectivity index (χ1n) is 7.64. The molecule has 0 spiro atoms. The van der Waals surface area contributed by atoms with Gasteiger partial charge >= 0.3 is 0 Å². The minimum Gasteiger partial charge on any atom is -0.497 e. The summed E-state index contributed by atoms with van der Waals surface area (Å²) in [6.07, 6.45) is 4.58. The van der Waals surface area contributed by atoms with E-state index in [1.807, 2.05) is 7.05 Å². The van der Waals surface area contributed by atoms with Crippen molar-refractivity contribution in [3.63, 3.8) is 0 Å². The average molecular weight is 299 g/mol. The van der Waals surface area contributed by atoms with E-state index in [4.69, 9.17) is 4.74 Å². The number of hydrogen-bond acceptors (Lipinski definition) is 3. The van der Waals surface area contributed by atoms with Crippen LogP contribution in [-0.2, 0) is 26.4 Å². The molecule has 1 N–H and O–H groups in total. The Morgan fingerprint density at radius 1 is 1.27 bits per heavy atom. The molecule has 0 unspecified atom stereocenters. The number of benzene rings is 1. The molecule has 2 aromatic rings. The van der Waals surface area contributed by atoms with E-state index in [9.17, 15) is 4.79 Å². The minimum atomic E-state index is -0.0939. The number of amides is 1. The molecule has 22 heavy (non-hydrogen) atoms. The number of carbonyl (C=O) groups is 1. The maximum atomic E-state index is 12.2. The highest BCUT2D eigenvalue weighted by atomic mass is 16.5. The zero-order valence-electron chi connectivity index (χ0n) is 13.1. The van der Waals surface area contributed by atoms with Gasteiger partial charge in [-0.25, -0.2) is 4.98 Å². The standard InChI is InChI=1S/C17H21N3O2/c1-20-15-6-4-3-5-14(15)19-16(20)11-18-17(21)12-7-9-13(22-2)10-8-12/h7-10H,3-6,11H2,1-2H3,(H,18,21). The molecule has 0 atom stereocenters. The topological polar surface area (TPSA) is 56.1 Å². The molecule has 5 nitrogen and oxygen atoms in total. The summed E-state index contributed by atoms with van der Waals surface area (Å²) in [4.78, 5) is 16.9. The van der Waals surface area contributed by atoms with Gasteiger partial charge in [0.15, 0.2) is 0 Å². The van der Waals surface area contributed by atoms with Gasteiger partial charge in [0.25, 0.3) is 5.91 Å². The number of fused-ring (bicyclic) bond motifs is 1. The highest BCUT2D eigenvalue weighted by molar-refractivity contribution is 5.94. The fourth-order valence-corrected chi connectivity index (χ4v) is 2.90. The lowest BCUT2D eigenvalue weighted by Crippen LogP contribution is -2.24. The summed E-state index contributed by atoms with van der Waals surface area (Å²) in [5, 5.41) is 2.94. The second kappa shape index (κ2) is 6.22. The van der Waals surface area contributed by atoms with E-state index in [-0.39, 0.29) is 5.91 Å². The number of aryl methyl sites for hydroxylation is 1. The smallest absolute Gasteiger partial charge is 0.251 e. The molecule has 1 heterocycles. The van der Waals surface area contributed by atoms with E-state index in [0.29, 0.717) is 12.1 Å². The monoisotopic (exact) mass is 299 g/mol. The van der Waals surface area contributed by atoms with E-state index in [2.05, 4.69) is 14.9 Å². The Balaban J connectivity index is 1.66. The molecule has 0 saturated heterocycles. The first kappa shape index (κ1) is 14.6. The molecule has 1 aliphatic rings. The van der Waals surface area contributed by atoms with Crippen molar-refractivity contribution in [3.05, 3.63) is 47.0 Å². The van der Waals surface area contributed by atoms with Crippen LogP contribution in [0, 0.1) is 0 Å². The lowest BCUT2D eigenvalue weighted by molar-refractivity contribution is 0.0949. The molecule has 5 heteroatoms. The van der Waals surface area contributed by atoms with Gasteiger partial charge in [0.05, 0.1) is 19.3 Å². The van der Waals surface area contributed by atoms with Crippen LogP contribution in [0.4, 0.5) is 0 Å². The van der Waals surface area contributed by atoms with Gasteiger partial charge in [0.1, 0.15) is 11.6 Å². The van der Waals surface area contributed by atoms with Crippen molar-refractivity contribution < 1.29 is 9.53 Å². The molecular weight excluding hydrogens is 278 g/mol. The third-order valence-corrected chi connectivity index (χ3v) is 4.23. The average Bonchev–Trinajstić information content (AvgIpc) is 2.89. The summed E-state index contributed by atoms with van der Waals surface area (Å²) >= 11 is 0. The Morgan fingerprint density at radius 3 is 2.68 bits per heavy atom. The largest absolute Gasteiger partial charge is 0.497 e. The molecule has 0 saturated carbocycles. The van der Waals surface area contributed by atoms with Crippen molar-refractivity contribution in [2.75, 3.05) is 7.11 Å². The van der Waals surface area contributed by atoms with Gasteiger partial charge in [-0.15, -0.1) is 0 Å². The summed E-state index contributed by atoms with van der Waals surface area (Å²) in [6, 6.07) is 7.10. The number of imidazole rings is 1. The van der Waals surface area contributed by atoms with Crippen molar-refractivity contribution in [1.82, 2.24) is 14.9 Å². The van der Waals surface area contributed by atoms with Gasteiger partial charge < -0.3 is 14.6 Å². The zero-order valence-corrected chi connectivity index (χ0v) is 13.1. The minimum absolute atomic E-state index is 0.0939. The van der Waals surface area contributed by atoms with Crippen molar-refractivity contribution in [2.24, 2.45) is 7.05 Å². The Hall–Kier alpha value is -2.30. The van der Waals surface area contributed by atoms with Crippen LogP contribution in [0.1, 0.15) is 40.4 Å². The van der Waals surface area contributed by atoms with Crippen LogP contribution in [0.15, 0.2) is 24.3 Å². The van der Waals surface area contributed by atoms with E-state index in [1.54, 1.807) is 31.4 Å². The molecule has 1 amide bonds. The van der Waals surface area contributed by atoms with Gasteiger partial charge in [-0.05, 0) is 49.9 Å². The third-order valence-electron chi connectivity index (χ3n) is 4.23. The fourth-order valence-electron chi connectivity index (χ4n) is 2.90. The normalized spacial score (nSPS) is 13.5. The molecule has 1 aromatic carbocycles. The van der Waals surface area contributed by atoms with E-state index in [0.717, 1.165) is 24.4 Å². The van der Waals surface area contributed by atoms with Crippen molar-refractivity contribution in [3.8, 4) is 5.75 Å². The predicted octanol–water partition coefficient (Wildman–Crippen LogP) is 2.24. The number of nitrogens with one attached hydrogen (secondary N) is 1. The highest BCUT2D eigenvalue weighted by Gasteiger charge is 2.18. The summed E-state index contributed by atoms with van der Waals surface area (Å²) < 4.78 is 7.22.